The van der Waals surface area contributed by atoms with Crippen LogP contribution >= 0.6 is 0 Å². The van der Waals surface area contributed by atoms with Gasteiger partial charge in [-0.3, -0.25) is 14.7 Å². The van der Waals surface area contributed by atoms with Crippen LogP contribution in [-0.2, 0) is 17.8 Å². The third-order valence-corrected chi connectivity index (χ3v) is 3.97. The number of likely N-dealkylation sites (N-methyl/N-ethyl adjacent to an activating group) is 1. The number of carbonyl (C=O) groups is 1. The summed E-state index contributed by atoms with van der Waals surface area (Å²) in [4.78, 5) is 25.8. The highest BCUT2D eigenvalue weighted by atomic mass is 16.2. The first-order valence-corrected chi connectivity index (χ1v) is 8.48. The summed E-state index contributed by atoms with van der Waals surface area (Å²) in [5.41, 5.74) is 3.19. The minimum absolute atomic E-state index is 0.0427. The van der Waals surface area contributed by atoms with Crippen LogP contribution in [0.5, 0.6) is 0 Å². The SMILES string of the molecule is CN(CC(=O)NCCCc1nc2ccccc2[nH]1)Cc1ccncc1. The summed E-state index contributed by atoms with van der Waals surface area (Å²) >= 11 is 0. The molecular weight excluding hydrogens is 314 g/mol. The van der Waals surface area contributed by atoms with Crippen molar-refractivity contribution in [2.24, 2.45) is 0 Å². The fourth-order valence-electron chi connectivity index (χ4n) is 2.76. The van der Waals surface area contributed by atoms with Gasteiger partial charge in [0.25, 0.3) is 0 Å². The first kappa shape index (κ1) is 17.1. The lowest BCUT2D eigenvalue weighted by Crippen LogP contribution is -2.35. The number of para-hydroxylation sites is 2. The molecule has 1 aromatic carbocycles. The summed E-state index contributed by atoms with van der Waals surface area (Å²) in [7, 11) is 1.94. The van der Waals surface area contributed by atoms with Crippen molar-refractivity contribution in [3.63, 3.8) is 0 Å². The van der Waals surface area contributed by atoms with Gasteiger partial charge in [0.1, 0.15) is 5.82 Å². The predicted molar refractivity (Wildman–Crippen MR) is 98.0 cm³/mol. The van der Waals surface area contributed by atoms with Crippen molar-refractivity contribution in [2.45, 2.75) is 19.4 Å². The fourth-order valence-corrected chi connectivity index (χ4v) is 2.76. The Labute approximate surface area is 147 Å². The first-order valence-electron chi connectivity index (χ1n) is 8.48. The topological polar surface area (TPSA) is 73.9 Å². The third kappa shape index (κ3) is 5.12. The van der Waals surface area contributed by atoms with E-state index in [1.54, 1.807) is 12.4 Å². The van der Waals surface area contributed by atoms with E-state index in [1.165, 1.54) is 0 Å². The molecular formula is C19H23N5O. The Kier molecular flexibility index (Phi) is 5.74. The highest BCUT2D eigenvalue weighted by Gasteiger charge is 2.07. The lowest BCUT2D eigenvalue weighted by Gasteiger charge is -2.16. The number of aromatic amines is 1. The molecule has 0 unspecified atom stereocenters. The molecule has 0 saturated heterocycles. The lowest BCUT2D eigenvalue weighted by molar-refractivity contribution is -0.122. The smallest absolute Gasteiger partial charge is 0.234 e. The molecule has 0 aliphatic rings. The number of amides is 1. The van der Waals surface area contributed by atoms with Gasteiger partial charge >= 0.3 is 0 Å². The van der Waals surface area contributed by atoms with Gasteiger partial charge in [-0.1, -0.05) is 12.1 Å². The number of fused-ring (bicyclic) bond motifs is 1. The second-order valence-corrected chi connectivity index (χ2v) is 6.18. The number of rotatable bonds is 8. The Bertz CT molecular complexity index is 782. The number of hydrogen-bond acceptors (Lipinski definition) is 4. The second kappa shape index (κ2) is 8.39. The van der Waals surface area contributed by atoms with Crippen LogP contribution < -0.4 is 5.32 Å². The minimum Gasteiger partial charge on any atom is -0.355 e. The largest absolute Gasteiger partial charge is 0.355 e. The average Bonchev–Trinajstić information content (AvgIpc) is 3.02. The van der Waals surface area contributed by atoms with Crippen molar-refractivity contribution in [2.75, 3.05) is 20.1 Å². The number of H-pyrrole nitrogens is 1. The highest BCUT2D eigenvalue weighted by Crippen LogP contribution is 2.11. The number of benzene rings is 1. The van der Waals surface area contributed by atoms with Gasteiger partial charge < -0.3 is 10.3 Å². The summed E-state index contributed by atoms with van der Waals surface area (Å²) in [6.45, 7) is 1.76. The van der Waals surface area contributed by atoms with Gasteiger partial charge in [0.15, 0.2) is 0 Å². The number of hydrogen-bond donors (Lipinski definition) is 2. The molecule has 6 nitrogen and oxygen atoms in total. The van der Waals surface area contributed by atoms with Crippen LogP contribution in [0.3, 0.4) is 0 Å². The lowest BCUT2D eigenvalue weighted by atomic mass is 10.2. The van der Waals surface area contributed by atoms with E-state index in [0.717, 1.165) is 41.8 Å². The minimum atomic E-state index is 0.0427. The molecule has 3 aromatic rings. The Hall–Kier alpha value is -2.73. The summed E-state index contributed by atoms with van der Waals surface area (Å²) in [5, 5.41) is 2.97. The Balaban J connectivity index is 1.36. The molecule has 3 rings (SSSR count). The van der Waals surface area contributed by atoms with E-state index in [4.69, 9.17) is 0 Å². The normalized spacial score (nSPS) is 11.1. The molecule has 0 spiro atoms. The number of nitrogens with zero attached hydrogens (tertiary/aromatic N) is 3. The van der Waals surface area contributed by atoms with E-state index >= 15 is 0 Å². The van der Waals surface area contributed by atoms with E-state index in [0.29, 0.717) is 13.1 Å². The molecule has 0 atom stereocenters. The van der Waals surface area contributed by atoms with Crippen molar-refractivity contribution in [3.05, 3.63) is 60.2 Å². The number of carbonyl (C=O) groups excluding carboxylic acids is 1. The van der Waals surface area contributed by atoms with Crippen molar-refractivity contribution < 1.29 is 4.79 Å². The molecule has 1 amide bonds. The van der Waals surface area contributed by atoms with Crippen molar-refractivity contribution >= 4 is 16.9 Å². The van der Waals surface area contributed by atoms with Crippen LogP contribution in [0.2, 0.25) is 0 Å². The van der Waals surface area contributed by atoms with E-state index < -0.39 is 0 Å². The van der Waals surface area contributed by atoms with Gasteiger partial charge in [0.2, 0.25) is 5.91 Å². The van der Waals surface area contributed by atoms with E-state index in [2.05, 4.69) is 20.3 Å². The zero-order chi connectivity index (χ0) is 17.5. The van der Waals surface area contributed by atoms with Gasteiger partial charge in [-0.05, 0) is 43.3 Å². The van der Waals surface area contributed by atoms with E-state index in [1.807, 2.05) is 48.3 Å². The van der Waals surface area contributed by atoms with E-state index in [-0.39, 0.29) is 5.91 Å². The molecule has 130 valence electrons. The molecule has 0 saturated carbocycles. The molecule has 2 heterocycles. The standard InChI is InChI=1S/C19H23N5O/c1-24(13-15-8-11-20-12-9-15)14-19(25)21-10-4-7-18-22-16-5-2-3-6-17(16)23-18/h2-3,5-6,8-9,11-12H,4,7,10,13-14H2,1H3,(H,21,25)(H,22,23). The fraction of sp³-hybridized carbons (Fsp3) is 0.316. The first-order chi connectivity index (χ1) is 12.2. The molecule has 0 radical (unpaired) electrons. The number of nitrogens with one attached hydrogen (secondary N) is 2. The van der Waals surface area contributed by atoms with Crippen LogP contribution in [0.1, 0.15) is 17.8 Å². The highest BCUT2D eigenvalue weighted by molar-refractivity contribution is 5.78. The van der Waals surface area contributed by atoms with Crippen molar-refractivity contribution in [1.29, 1.82) is 0 Å². The Morgan fingerprint density at radius 3 is 2.80 bits per heavy atom. The summed E-state index contributed by atoms with van der Waals surface area (Å²) < 4.78 is 0. The maximum atomic E-state index is 12.0. The van der Waals surface area contributed by atoms with Crippen LogP contribution in [0.15, 0.2) is 48.8 Å². The number of imidazole rings is 1. The van der Waals surface area contributed by atoms with E-state index in [9.17, 15) is 4.79 Å². The van der Waals surface area contributed by atoms with Crippen LogP contribution in [0.4, 0.5) is 0 Å². The molecule has 0 fully saturated rings. The van der Waals surface area contributed by atoms with Crippen molar-refractivity contribution in [1.82, 2.24) is 25.2 Å². The maximum absolute atomic E-state index is 12.0. The second-order valence-electron chi connectivity index (χ2n) is 6.18. The maximum Gasteiger partial charge on any atom is 0.234 e. The van der Waals surface area contributed by atoms with Crippen LogP contribution in [0, 0.1) is 0 Å². The van der Waals surface area contributed by atoms with Crippen LogP contribution in [-0.4, -0.2) is 45.9 Å². The summed E-state index contributed by atoms with van der Waals surface area (Å²) in [5.74, 6) is 1.01. The van der Waals surface area contributed by atoms with Gasteiger partial charge in [-0.25, -0.2) is 4.98 Å². The quantitative estimate of drug-likeness (QED) is 0.618. The molecule has 2 N–H and O–H groups in total. The number of aryl methyl sites for hydroxylation is 1. The van der Waals surface area contributed by atoms with Crippen molar-refractivity contribution in [3.8, 4) is 0 Å². The molecule has 0 bridgehead atoms. The third-order valence-electron chi connectivity index (χ3n) is 3.97. The molecule has 0 aliphatic carbocycles. The number of aromatic nitrogens is 3. The molecule has 2 aromatic heterocycles. The Morgan fingerprint density at radius 2 is 2.00 bits per heavy atom. The average molecular weight is 337 g/mol. The Morgan fingerprint density at radius 1 is 1.20 bits per heavy atom. The summed E-state index contributed by atoms with van der Waals surface area (Å²) in [6.07, 6.45) is 5.21. The van der Waals surface area contributed by atoms with Gasteiger partial charge in [-0.2, -0.15) is 0 Å². The summed E-state index contributed by atoms with van der Waals surface area (Å²) in [6, 6.07) is 11.9. The monoisotopic (exact) mass is 337 g/mol. The molecule has 0 aliphatic heterocycles. The zero-order valence-electron chi connectivity index (χ0n) is 14.4. The number of pyridine rings is 1. The molecule has 6 heteroatoms. The zero-order valence-corrected chi connectivity index (χ0v) is 14.4. The van der Waals surface area contributed by atoms with Gasteiger partial charge in [0, 0.05) is 31.9 Å². The predicted octanol–water partition coefficient (Wildman–Crippen LogP) is 2.14. The molecule has 25 heavy (non-hydrogen) atoms. The van der Waals surface area contributed by atoms with Gasteiger partial charge in [0.05, 0.1) is 17.6 Å². The van der Waals surface area contributed by atoms with Gasteiger partial charge in [-0.15, -0.1) is 0 Å². The van der Waals surface area contributed by atoms with Crippen LogP contribution in [0.25, 0.3) is 11.0 Å².